The van der Waals surface area contributed by atoms with Crippen LogP contribution in [0.25, 0.3) is 0 Å². The van der Waals surface area contributed by atoms with Gasteiger partial charge in [0.05, 0.1) is 0 Å². The minimum absolute atomic E-state index is 1.01. The number of rotatable bonds is 7. The van der Waals surface area contributed by atoms with Crippen LogP contribution in [0.2, 0.25) is 0 Å². The van der Waals surface area contributed by atoms with Crippen molar-refractivity contribution >= 4 is 11.3 Å². The van der Waals surface area contributed by atoms with Crippen LogP contribution in [0.15, 0.2) is 10.8 Å². The molecule has 2 nitrogen and oxygen atoms in total. The minimum Gasteiger partial charge on any atom is -0.311 e. The molecular weight excluding hydrogens is 204 g/mol. The fraction of sp³-hybridized carbons (Fsp3) is 0.667. The van der Waals surface area contributed by atoms with Crippen molar-refractivity contribution in [3.63, 3.8) is 0 Å². The molecule has 0 aliphatic rings. The van der Waals surface area contributed by atoms with Crippen LogP contribution in [0.4, 0.5) is 0 Å². The molecule has 0 spiro atoms. The SMILES string of the molecule is CCN(CC)CCNCc1cscc1C. The normalized spacial score (nSPS) is 11.2. The Morgan fingerprint density at radius 3 is 2.53 bits per heavy atom. The van der Waals surface area contributed by atoms with E-state index in [4.69, 9.17) is 0 Å². The standard InChI is InChI=1S/C12H22N2S/c1-4-14(5-2)7-6-13-8-12-10-15-9-11(12)3/h9-10,13H,4-8H2,1-3H3. The fourth-order valence-corrected chi connectivity index (χ4v) is 2.43. The lowest BCUT2D eigenvalue weighted by atomic mass is 10.2. The van der Waals surface area contributed by atoms with Crippen LogP contribution in [0.1, 0.15) is 25.0 Å². The summed E-state index contributed by atoms with van der Waals surface area (Å²) in [5, 5.41) is 7.94. The Kier molecular flexibility index (Phi) is 5.91. The lowest BCUT2D eigenvalue weighted by Gasteiger charge is -2.17. The van der Waals surface area contributed by atoms with Crippen LogP contribution in [0.5, 0.6) is 0 Å². The molecule has 0 atom stereocenters. The number of hydrogen-bond acceptors (Lipinski definition) is 3. The molecule has 1 rings (SSSR count). The van der Waals surface area contributed by atoms with Gasteiger partial charge in [-0.2, -0.15) is 11.3 Å². The topological polar surface area (TPSA) is 15.3 Å². The molecule has 0 fully saturated rings. The van der Waals surface area contributed by atoms with E-state index in [0.29, 0.717) is 0 Å². The van der Waals surface area contributed by atoms with E-state index in [1.165, 1.54) is 11.1 Å². The van der Waals surface area contributed by atoms with Crippen molar-refractivity contribution in [2.24, 2.45) is 0 Å². The predicted molar refractivity (Wildman–Crippen MR) is 68.6 cm³/mol. The zero-order valence-corrected chi connectivity index (χ0v) is 10.9. The van der Waals surface area contributed by atoms with Crippen molar-refractivity contribution in [3.05, 3.63) is 21.9 Å². The van der Waals surface area contributed by atoms with Gasteiger partial charge in [0.1, 0.15) is 0 Å². The maximum atomic E-state index is 3.49. The second kappa shape index (κ2) is 6.99. The quantitative estimate of drug-likeness (QED) is 0.719. The highest BCUT2D eigenvalue weighted by atomic mass is 32.1. The van der Waals surface area contributed by atoms with Gasteiger partial charge in [0.15, 0.2) is 0 Å². The summed E-state index contributed by atoms with van der Waals surface area (Å²) in [6, 6.07) is 0. The molecule has 1 aromatic rings. The molecule has 0 saturated heterocycles. The molecule has 0 unspecified atom stereocenters. The molecule has 3 heteroatoms. The van der Waals surface area contributed by atoms with E-state index in [1.807, 2.05) is 0 Å². The van der Waals surface area contributed by atoms with E-state index in [2.05, 4.69) is 41.7 Å². The third-order valence-corrected chi connectivity index (χ3v) is 3.69. The van der Waals surface area contributed by atoms with Crippen molar-refractivity contribution in [1.29, 1.82) is 0 Å². The summed E-state index contributed by atoms with van der Waals surface area (Å²) < 4.78 is 0. The van der Waals surface area contributed by atoms with Gasteiger partial charge < -0.3 is 10.2 Å². The second-order valence-corrected chi connectivity index (χ2v) is 4.53. The van der Waals surface area contributed by atoms with Gasteiger partial charge in [0.25, 0.3) is 0 Å². The van der Waals surface area contributed by atoms with Gasteiger partial charge in [-0.3, -0.25) is 0 Å². The minimum atomic E-state index is 1.01. The van der Waals surface area contributed by atoms with Crippen molar-refractivity contribution in [3.8, 4) is 0 Å². The van der Waals surface area contributed by atoms with Crippen molar-refractivity contribution < 1.29 is 0 Å². The van der Waals surface area contributed by atoms with Gasteiger partial charge in [-0.15, -0.1) is 0 Å². The highest BCUT2D eigenvalue weighted by molar-refractivity contribution is 7.08. The van der Waals surface area contributed by atoms with Crippen LogP contribution < -0.4 is 5.32 Å². The van der Waals surface area contributed by atoms with E-state index < -0.39 is 0 Å². The van der Waals surface area contributed by atoms with E-state index >= 15 is 0 Å². The lowest BCUT2D eigenvalue weighted by Crippen LogP contribution is -2.31. The molecule has 0 saturated carbocycles. The van der Waals surface area contributed by atoms with Crippen molar-refractivity contribution in [2.45, 2.75) is 27.3 Å². The Morgan fingerprint density at radius 1 is 1.27 bits per heavy atom. The van der Waals surface area contributed by atoms with Gasteiger partial charge in [-0.25, -0.2) is 0 Å². The lowest BCUT2D eigenvalue weighted by molar-refractivity contribution is 0.302. The molecule has 1 aromatic heterocycles. The maximum absolute atomic E-state index is 3.49. The average molecular weight is 226 g/mol. The van der Waals surface area contributed by atoms with E-state index in [0.717, 1.165) is 32.7 Å². The number of aryl methyl sites for hydroxylation is 1. The summed E-state index contributed by atoms with van der Waals surface area (Å²) in [6.45, 7) is 12.1. The third-order valence-electron chi connectivity index (χ3n) is 2.78. The largest absolute Gasteiger partial charge is 0.311 e. The number of hydrogen-bond donors (Lipinski definition) is 1. The van der Waals surface area contributed by atoms with Crippen molar-refractivity contribution in [1.82, 2.24) is 10.2 Å². The Morgan fingerprint density at radius 2 is 2.00 bits per heavy atom. The Bertz CT molecular complexity index is 266. The second-order valence-electron chi connectivity index (χ2n) is 3.78. The summed E-state index contributed by atoms with van der Waals surface area (Å²) in [7, 11) is 0. The van der Waals surface area contributed by atoms with Crippen LogP contribution in [-0.2, 0) is 6.54 Å². The molecule has 86 valence electrons. The molecule has 15 heavy (non-hydrogen) atoms. The third kappa shape index (κ3) is 4.33. The zero-order chi connectivity index (χ0) is 11.1. The van der Waals surface area contributed by atoms with Gasteiger partial charge in [-0.1, -0.05) is 13.8 Å². The maximum Gasteiger partial charge on any atom is 0.0216 e. The first-order valence-corrected chi connectivity index (χ1v) is 6.67. The number of likely N-dealkylation sites (N-methyl/N-ethyl adjacent to an activating group) is 1. The summed E-state index contributed by atoms with van der Waals surface area (Å²) in [6.07, 6.45) is 0. The molecular formula is C12H22N2S. The van der Waals surface area contributed by atoms with E-state index in [-0.39, 0.29) is 0 Å². The fourth-order valence-electron chi connectivity index (χ4n) is 1.57. The Labute approximate surface area is 97.3 Å². The average Bonchev–Trinajstić information content (AvgIpc) is 2.65. The predicted octanol–water partition coefficient (Wildman–Crippen LogP) is 2.49. The van der Waals surface area contributed by atoms with E-state index in [1.54, 1.807) is 11.3 Å². The molecule has 0 radical (unpaired) electrons. The summed E-state index contributed by atoms with van der Waals surface area (Å²) >= 11 is 1.79. The first kappa shape index (κ1) is 12.7. The first-order valence-electron chi connectivity index (χ1n) is 5.72. The smallest absolute Gasteiger partial charge is 0.0216 e. The first-order chi connectivity index (χ1) is 7.27. The van der Waals surface area contributed by atoms with Crippen LogP contribution in [-0.4, -0.2) is 31.1 Å². The molecule has 0 aliphatic heterocycles. The molecule has 1 N–H and O–H groups in total. The van der Waals surface area contributed by atoms with Crippen molar-refractivity contribution in [2.75, 3.05) is 26.2 Å². The highest BCUT2D eigenvalue weighted by Crippen LogP contribution is 2.12. The molecule has 0 aliphatic carbocycles. The molecule has 1 heterocycles. The van der Waals surface area contributed by atoms with Crippen LogP contribution in [0.3, 0.4) is 0 Å². The monoisotopic (exact) mass is 226 g/mol. The Balaban J connectivity index is 2.14. The number of nitrogens with zero attached hydrogens (tertiary/aromatic N) is 1. The molecule has 0 aromatic carbocycles. The summed E-state index contributed by atoms with van der Waals surface area (Å²) in [4.78, 5) is 2.44. The number of thiophene rings is 1. The van der Waals surface area contributed by atoms with Gasteiger partial charge in [0.2, 0.25) is 0 Å². The number of nitrogens with one attached hydrogen (secondary N) is 1. The Hall–Kier alpha value is -0.380. The highest BCUT2D eigenvalue weighted by Gasteiger charge is 2.00. The molecule has 0 bridgehead atoms. The molecule has 0 amide bonds. The van der Waals surface area contributed by atoms with E-state index in [9.17, 15) is 0 Å². The van der Waals surface area contributed by atoms with Gasteiger partial charge >= 0.3 is 0 Å². The summed E-state index contributed by atoms with van der Waals surface area (Å²) in [5.41, 5.74) is 2.86. The summed E-state index contributed by atoms with van der Waals surface area (Å²) in [5.74, 6) is 0. The van der Waals surface area contributed by atoms with Crippen LogP contribution in [0, 0.1) is 6.92 Å². The van der Waals surface area contributed by atoms with Crippen LogP contribution >= 0.6 is 11.3 Å². The zero-order valence-electron chi connectivity index (χ0n) is 10.0. The van der Waals surface area contributed by atoms with Gasteiger partial charge in [0, 0.05) is 19.6 Å². The van der Waals surface area contributed by atoms with Gasteiger partial charge in [-0.05, 0) is 41.9 Å².